The molecular weight excluding hydrogens is 262 g/mol. The van der Waals surface area contributed by atoms with Gasteiger partial charge in [-0.1, -0.05) is 11.8 Å². The van der Waals surface area contributed by atoms with E-state index in [9.17, 15) is 4.79 Å². The fourth-order valence-electron chi connectivity index (χ4n) is 1.42. The van der Waals surface area contributed by atoms with Gasteiger partial charge in [-0.2, -0.15) is 5.10 Å². The van der Waals surface area contributed by atoms with Crippen molar-refractivity contribution in [1.29, 1.82) is 0 Å². The number of thiophene rings is 1. The number of aromatic nitrogens is 3. The first kappa shape index (κ1) is 13.3. The Balaban J connectivity index is 2.02. The van der Waals surface area contributed by atoms with E-state index in [0.717, 1.165) is 4.88 Å². The highest BCUT2D eigenvalue weighted by atomic mass is 32.1. The fraction of sp³-hybridized carbons (Fsp3) is 0.250. The van der Waals surface area contributed by atoms with Crippen LogP contribution in [0.5, 0.6) is 0 Å². The zero-order valence-corrected chi connectivity index (χ0v) is 11.1. The second-order valence-electron chi connectivity index (χ2n) is 3.74. The van der Waals surface area contributed by atoms with Crippen molar-refractivity contribution in [3.05, 3.63) is 34.0 Å². The zero-order valence-electron chi connectivity index (χ0n) is 10.3. The van der Waals surface area contributed by atoms with Crippen molar-refractivity contribution < 1.29 is 4.79 Å². The first-order valence-corrected chi connectivity index (χ1v) is 6.47. The second-order valence-corrected chi connectivity index (χ2v) is 4.82. The minimum absolute atomic E-state index is 0.158. The van der Waals surface area contributed by atoms with Crippen LogP contribution in [-0.2, 0) is 0 Å². The minimum atomic E-state index is -0.226. The van der Waals surface area contributed by atoms with E-state index >= 15 is 0 Å². The molecular formula is C12H13N5OS. The number of nitrogens with zero attached hydrogens (tertiary/aromatic N) is 2. The normalized spacial score (nSPS) is 11.5. The van der Waals surface area contributed by atoms with Gasteiger partial charge < -0.3 is 11.1 Å². The first-order valence-electron chi connectivity index (χ1n) is 5.65. The van der Waals surface area contributed by atoms with Crippen LogP contribution < -0.4 is 11.1 Å². The Hall–Kier alpha value is -2.17. The molecule has 0 aliphatic heterocycles. The molecule has 0 saturated heterocycles. The molecule has 2 rings (SSSR count). The summed E-state index contributed by atoms with van der Waals surface area (Å²) in [7, 11) is 0. The van der Waals surface area contributed by atoms with Gasteiger partial charge in [0.15, 0.2) is 0 Å². The summed E-state index contributed by atoms with van der Waals surface area (Å²) in [6.07, 6.45) is 1.41. The van der Waals surface area contributed by atoms with E-state index in [1.807, 2.05) is 6.92 Å². The van der Waals surface area contributed by atoms with Crippen LogP contribution in [0.15, 0.2) is 18.5 Å². The average molecular weight is 275 g/mol. The number of aromatic amines is 1. The summed E-state index contributed by atoms with van der Waals surface area (Å²) in [5.41, 5.74) is 5.30. The Labute approximate surface area is 114 Å². The molecule has 1 amide bonds. The molecule has 0 radical (unpaired) electrons. The molecule has 0 bridgehead atoms. The Bertz CT molecular complexity index is 608. The highest BCUT2D eigenvalue weighted by Crippen LogP contribution is 2.16. The maximum Gasteiger partial charge on any atom is 0.261 e. The van der Waals surface area contributed by atoms with Crippen LogP contribution in [0.4, 0.5) is 0 Å². The Morgan fingerprint density at radius 2 is 2.47 bits per heavy atom. The molecule has 6 nitrogen and oxygen atoms in total. The Morgan fingerprint density at radius 1 is 1.63 bits per heavy atom. The number of carbonyl (C=O) groups is 1. The van der Waals surface area contributed by atoms with E-state index < -0.39 is 0 Å². The molecule has 0 spiro atoms. The van der Waals surface area contributed by atoms with Crippen molar-refractivity contribution in [2.45, 2.75) is 13.0 Å². The molecule has 1 unspecified atom stereocenters. The summed E-state index contributed by atoms with van der Waals surface area (Å²) in [5, 5.41) is 9.30. The number of H-pyrrole nitrogens is 1. The third-order valence-corrected chi connectivity index (χ3v) is 3.33. The fourth-order valence-corrected chi connectivity index (χ4v) is 2.21. The van der Waals surface area contributed by atoms with Crippen molar-refractivity contribution in [2.75, 3.05) is 6.54 Å². The molecule has 98 valence electrons. The van der Waals surface area contributed by atoms with Crippen LogP contribution in [-0.4, -0.2) is 27.6 Å². The van der Waals surface area contributed by atoms with Crippen LogP contribution >= 0.6 is 11.3 Å². The summed E-state index contributed by atoms with van der Waals surface area (Å²) in [5.74, 6) is 6.11. The summed E-state index contributed by atoms with van der Waals surface area (Å²) in [6.45, 7) is 2.14. The van der Waals surface area contributed by atoms with Gasteiger partial charge in [0.25, 0.3) is 5.91 Å². The molecule has 0 saturated carbocycles. The molecule has 0 aromatic carbocycles. The van der Waals surface area contributed by atoms with Gasteiger partial charge in [-0.3, -0.25) is 9.89 Å². The molecule has 1 atom stereocenters. The SMILES string of the molecule is CC(NC(=O)c1ccc(C#CCN)s1)c1ncn[nH]1. The third kappa shape index (κ3) is 3.40. The van der Waals surface area contributed by atoms with Crippen molar-refractivity contribution in [3.63, 3.8) is 0 Å². The number of nitrogens with two attached hydrogens (primary N) is 1. The number of nitrogens with one attached hydrogen (secondary N) is 2. The van der Waals surface area contributed by atoms with Crippen LogP contribution in [0.3, 0.4) is 0 Å². The molecule has 2 aromatic heterocycles. The van der Waals surface area contributed by atoms with Crippen LogP contribution in [0.2, 0.25) is 0 Å². The smallest absolute Gasteiger partial charge is 0.261 e. The van der Waals surface area contributed by atoms with Crippen molar-refractivity contribution in [2.24, 2.45) is 5.73 Å². The minimum Gasteiger partial charge on any atom is -0.342 e. The van der Waals surface area contributed by atoms with E-state index in [2.05, 4.69) is 32.3 Å². The number of carbonyl (C=O) groups excluding carboxylic acids is 1. The monoisotopic (exact) mass is 275 g/mol. The maximum atomic E-state index is 12.0. The maximum absolute atomic E-state index is 12.0. The van der Waals surface area contributed by atoms with Gasteiger partial charge in [-0.25, -0.2) is 4.98 Å². The van der Waals surface area contributed by atoms with E-state index in [1.54, 1.807) is 12.1 Å². The van der Waals surface area contributed by atoms with E-state index in [0.29, 0.717) is 17.2 Å². The number of hydrogen-bond donors (Lipinski definition) is 3. The van der Waals surface area contributed by atoms with E-state index in [1.165, 1.54) is 17.7 Å². The predicted octanol–water partition coefficient (Wildman–Crippen LogP) is 0.667. The van der Waals surface area contributed by atoms with Crippen molar-refractivity contribution in [3.8, 4) is 11.8 Å². The molecule has 19 heavy (non-hydrogen) atoms. The average Bonchev–Trinajstić information content (AvgIpc) is 3.07. The zero-order chi connectivity index (χ0) is 13.7. The standard InChI is InChI=1S/C12H13N5OS/c1-8(11-14-7-15-17-11)16-12(18)10-5-4-9(19-10)3-2-6-13/h4-5,7-8H,6,13H2,1H3,(H,16,18)(H,14,15,17). The lowest BCUT2D eigenvalue weighted by Crippen LogP contribution is -2.26. The lowest BCUT2D eigenvalue weighted by Gasteiger charge is -2.09. The quantitative estimate of drug-likeness (QED) is 0.717. The molecule has 2 aromatic rings. The van der Waals surface area contributed by atoms with Crippen LogP contribution in [0.25, 0.3) is 0 Å². The van der Waals surface area contributed by atoms with Crippen molar-refractivity contribution in [1.82, 2.24) is 20.5 Å². The first-order chi connectivity index (χ1) is 9.20. The molecule has 0 aliphatic carbocycles. The van der Waals surface area contributed by atoms with Crippen molar-refractivity contribution >= 4 is 17.2 Å². The van der Waals surface area contributed by atoms with Gasteiger partial charge in [0.2, 0.25) is 0 Å². The molecule has 4 N–H and O–H groups in total. The second kappa shape index (κ2) is 6.13. The molecule has 2 heterocycles. The summed E-state index contributed by atoms with van der Waals surface area (Å²) in [6, 6.07) is 3.32. The molecule has 0 fully saturated rings. The van der Waals surface area contributed by atoms with Gasteiger partial charge >= 0.3 is 0 Å². The van der Waals surface area contributed by atoms with Crippen LogP contribution in [0, 0.1) is 11.8 Å². The highest BCUT2D eigenvalue weighted by molar-refractivity contribution is 7.14. The summed E-state index contributed by atoms with van der Waals surface area (Å²) < 4.78 is 0. The van der Waals surface area contributed by atoms with Gasteiger partial charge in [-0.05, 0) is 19.1 Å². The third-order valence-electron chi connectivity index (χ3n) is 2.33. The van der Waals surface area contributed by atoms with Gasteiger partial charge in [0.05, 0.1) is 22.3 Å². The highest BCUT2D eigenvalue weighted by Gasteiger charge is 2.14. The summed E-state index contributed by atoms with van der Waals surface area (Å²) >= 11 is 1.33. The Morgan fingerprint density at radius 3 is 3.16 bits per heavy atom. The lowest BCUT2D eigenvalue weighted by molar-refractivity contribution is 0.0942. The molecule has 7 heteroatoms. The Kier molecular flexibility index (Phi) is 4.28. The lowest BCUT2D eigenvalue weighted by atomic mass is 10.3. The molecule has 0 aliphatic rings. The largest absolute Gasteiger partial charge is 0.342 e. The number of amides is 1. The predicted molar refractivity (Wildman–Crippen MR) is 72.5 cm³/mol. The topological polar surface area (TPSA) is 96.7 Å². The van der Waals surface area contributed by atoms with E-state index in [4.69, 9.17) is 5.73 Å². The summed E-state index contributed by atoms with van der Waals surface area (Å²) in [4.78, 5) is 17.4. The van der Waals surface area contributed by atoms with Gasteiger partial charge in [0.1, 0.15) is 12.2 Å². The van der Waals surface area contributed by atoms with Gasteiger partial charge in [-0.15, -0.1) is 11.3 Å². The number of rotatable bonds is 3. The number of hydrogen-bond acceptors (Lipinski definition) is 5. The van der Waals surface area contributed by atoms with Crippen LogP contribution in [0.1, 0.15) is 33.3 Å². The van der Waals surface area contributed by atoms with Gasteiger partial charge in [0, 0.05) is 0 Å². The van der Waals surface area contributed by atoms with E-state index in [-0.39, 0.29) is 11.9 Å².